The first-order valence-electron chi connectivity index (χ1n) is 13.3. The van der Waals surface area contributed by atoms with E-state index in [0.29, 0.717) is 12.5 Å². The molecule has 1 amide bonds. The van der Waals surface area contributed by atoms with Crippen LogP contribution in [0.4, 0.5) is 5.00 Å². The Morgan fingerprint density at radius 1 is 1.05 bits per heavy atom. The summed E-state index contributed by atoms with van der Waals surface area (Å²) in [7, 11) is 0. The van der Waals surface area contributed by atoms with Crippen LogP contribution >= 0.6 is 11.3 Å². The Labute approximate surface area is 227 Å². The van der Waals surface area contributed by atoms with Crippen molar-refractivity contribution in [1.82, 2.24) is 5.32 Å². The smallest absolute Gasteiger partial charge is 0.255 e. The van der Waals surface area contributed by atoms with Crippen molar-refractivity contribution in [3.05, 3.63) is 100 Å². The number of hydrogen-bond acceptors (Lipinski definition) is 4. The minimum Gasteiger partial charge on any atom is -0.467 e. The fourth-order valence-electron chi connectivity index (χ4n) is 5.62. The van der Waals surface area contributed by atoms with Gasteiger partial charge in [-0.3, -0.25) is 4.79 Å². The van der Waals surface area contributed by atoms with Crippen molar-refractivity contribution in [1.29, 1.82) is 0 Å². The van der Waals surface area contributed by atoms with E-state index < -0.39 is 0 Å². The second-order valence-electron chi connectivity index (χ2n) is 11.2. The van der Waals surface area contributed by atoms with Gasteiger partial charge in [0.05, 0.1) is 18.4 Å². The van der Waals surface area contributed by atoms with Gasteiger partial charge >= 0.3 is 0 Å². The van der Waals surface area contributed by atoms with Crippen LogP contribution in [-0.4, -0.2) is 12.1 Å². The molecule has 5 aromatic rings. The van der Waals surface area contributed by atoms with Gasteiger partial charge in [0.15, 0.2) is 0 Å². The molecule has 4 nitrogen and oxygen atoms in total. The van der Waals surface area contributed by atoms with Crippen LogP contribution in [0.3, 0.4) is 0 Å². The van der Waals surface area contributed by atoms with Crippen LogP contribution in [0.2, 0.25) is 0 Å². The van der Waals surface area contributed by atoms with Gasteiger partial charge in [-0.25, -0.2) is 4.99 Å². The molecule has 0 saturated heterocycles. The van der Waals surface area contributed by atoms with Crippen LogP contribution in [-0.2, 0) is 19.4 Å². The molecular formula is C33H32N2O2S. The number of amides is 1. The van der Waals surface area contributed by atoms with Gasteiger partial charge in [0.2, 0.25) is 0 Å². The molecule has 1 aliphatic carbocycles. The predicted molar refractivity (Wildman–Crippen MR) is 158 cm³/mol. The van der Waals surface area contributed by atoms with Crippen molar-refractivity contribution in [2.45, 2.75) is 46.6 Å². The van der Waals surface area contributed by atoms with Gasteiger partial charge in [0.1, 0.15) is 10.8 Å². The summed E-state index contributed by atoms with van der Waals surface area (Å²) < 4.78 is 5.44. The average Bonchev–Trinajstić information content (AvgIpc) is 3.56. The second kappa shape index (κ2) is 9.88. The van der Waals surface area contributed by atoms with E-state index in [1.807, 2.05) is 18.3 Å². The van der Waals surface area contributed by atoms with Gasteiger partial charge in [0.25, 0.3) is 5.91 Å². The Morgan fingerprint density at radius 3 is 2.42 bits per heavy atom. The normalized spacial score (nSPS) is 15.8. The maximum atomic E-state index is 13.6. The highest BCUT2D eigenvalue weighted by molar-refractivity contribution is 7.16. The minimum absolute atomic E-state index is 0.0805. The molecule has 1 aliphatic rings. The fraction of sp³-hybridized carbons (Fsp3) is 0.273. The number of aliphatic imine (C=N–C) groups is 1. The van der Waals surface area contributed by atoms with Crippen molar-refractivity contribution < 1.29 is 9.21 Å². The summed E-state index contributed by atoms with van der Waals surface area (Å²) in [6, 6.07) is 22.8. The van der Waals surface area contributed by atoms with Crippen molar-refractivity contribution in [3.63, 3.8) is 0 Å². The zero-order chi connectivity index (χ0) is 26.3. The molecule has 2 aromatic heterocycles. The number of carbonyl (C=O) groups excluding carboxylic acids is 1. The van der Waals surface area contributed by atoms with Crippen LogP contribution in [0.5, 0.6) is 0 Å². The molecule has 2 heterocycles. The molecular weight excluding hydrogens is 488 g/mol. The molecule has 0 aliphatic heterocycles. The number of thiophene rings is 1. The molecule has 192 valence electrons. The lowest BCUT2D eigenvalue weighted by atomic mass is 9.72. The summed E-state index contributed by atoms with van der Waals surface area (Å²) in [4.78, 5) is 19.9. The van der Waals surface area contributed by atoms with E-state index in [1.54, 1.807) is 17.6 Å². The molecule has 6 rings (SSSR count). The monoisotopic (exact) mass is 520 g/mol. The summed E-state index contributed by atoms with van der Waals surface area (Å²) in [6.07, 6.45) is 6.58. The molecule has 0 unspecified atom stereocenters. The molecule has 0 spiro atoms. The molecule has 3 aromatic carbocycles. The Morgan fingerprint density at radius 2 is 1.76 bits per heavy atom. The van der Waals surface area contributed by atoms with Crippen molar-refractivity contribution in [2.75, 3.05) is 0 Å². The second-order valence-corrected chi connectivity index (χ2v) is 12.3. The van der Waals surface area contributed by atoms with Crippen molar-refractivity contribution in [3.8, 4) is 0 Å². The first-order valence-corrected chi connectivity index (χ1v) is 14.1. The lowest BCUT2D eigenvalue weighted by Crippen LogP contribution is -2.28. The lowest BCUT2D eigenvalue weighted by molar-refractivity contribution is 0.0947. The summed E-state index contributed by atoms with van der Waals surface area (Å²) >= 11 is 1.68. The van der Waals surface area contributed by atoms with E-state index >= 15 is 0 Å². The van der Waals surface area contributed by atoms with E-state index in [0.717, 1.165) is 51.9 Å². The zero-order valence-electron chi connectivity index (χ0n) is 22.1. The summed E-state index contributed by atoms with van der Waals surface area (Å²) in [5, 5.41) is 8.55. The molecule has 38 heavy (non-hydrogen) atoms. The van der Waals surface area contributed by atoms with E-state index in [9.17, 15) is 4.79 Å². The largest absolute Gasteiger partial charge is 0.467 e. The first-order chi connectivity index (χ1) is 18.4. The minimum atomic E-state index is -0.0805. The molecule has 1 atom stereocenters. The van der Waals surface area contributed by atoms with Gasteiger partial charge in [-0.1, -0.05) is 69.3 Å². The number of furan rings is 1. The van der Waals surface area contributed by atoms with Gasteiger partial charge in [0, 0.05) is 16.7 Å². The predicted octanol–water partition coefficient (Wildman–Crippen LogP) is 8.48. The Balaban J connectivity index is 1.43. The Hall–Kier alpha value is -3.70. The lowest BCUT2D eigenvalue weighted by Gasteiger charge is -2.33. The highest BCUT2D eigenvalue weighted by atomic mass is 32.1. The maximum Gasteiger partial charge on any atom is 0.255 e. The maximum absolute atomic E-state index is 13.6. The van der Waals surface area contributed by atoms with Gasteiger partial charge in [-0.05, 0) is 75.9 Å². The molecule has 0 radical (unpaired) electrons. The third kappa shape index (κ3) is 4.67. The molecule has 5 heteroatoms. The number of benzene rings is 3. The summed E-state index contributed by atoms with van der Waals surface area (Å²) in [5.74, 6) is 1.25. The fourth-order valence-corrected chi connectivity index (χ4v) is 6.88. The number of nitrogens with one attached hydrogen (secondary N) is 1. The number of hydrogen-bond donors (Lipinski definition) is 1. The van der Waals surface area contributed by atoms with Gasteiger partial charge in [-0.2, -0.15) is 0 Å². The topological polar surface area (TPSA) is 54.6 Å². The van der Waals surface area contributed by atoms with Crippen LogP contribution in [0.25, 0.3) is 21.5 Å². The molecule has 0 saturated carbocycles. The van der Waals surface area contributed by atoms with E-state index in [1.165, 1.54) is 21.2 Å². The van der Waals surface area contributed by atoms with Crippen LogP contribution in [0.15, 0.2) is 82.4 Å². The van der Waals surface area contributed by atoms with E-state index in [2.05, 4.69) is 80.7 Å². The molecule has 0 fully saturated rings. The van der Waals surface area contributed by atoms with Crippen LogP contribution in [0.1, 0.15) is 59.3 Å². The highest BCUT2D eigenvalue weighted by Gasteiger charge is 2.33. The number of nitrogens with zero attached hydrogens (tertiary/aromatic N) is 1. The number of carbonyl (C=O) groups is 1. The van der Waals surface area contributed by atoms with Crippen LogP contribution < -0.4 is 5.32 Å². The average molecular weight is 521 g/mol. The highest BCUT2D eigenvalue weighted by Crippen LogP contribution is 2.45. The molecule has 0 bridgehead atoms. The third-order valence-corrected chi connectivity index (χ3v) is 8.99. The Kier molecular flexibility index (Phi) is 6.40. The first kappa shape index (κ1) is 24.6. The van der Waals surface area contributed by atoms with Crippen LogP contribution in [0, 0.1) is 11.3 Å². The van der Waals surface area contributed by atoms with Gasteiger partial charge < -0.3 is 9.73 Å². The van der Waals surface area contributed by atoms with Crippen molar-refractivity contribution in [2.24, 2.45) is 16.3 Å². The van der Waals surface area contributed by atoms with Crippen molar-refractivity contribution >= 4 is 50.0 Å². The molecule has 1 N–H and O–H groups in total. The Bertz CT molecular complexity index is 1600. The van der Waals surface area contributed by atoms with E-state index in [-0.39, 0.29) is 11.3 Å². The standard InChI is InChI=1S/C33H32N2O2S/c1-33(2,3)23-14-15-27-29(18-23)38-32(30(27)31(36)34-19-24-11-8-16-37-24)35-20-28-25-12-6-4-9-21(25)17-22-10-5-7-13-26(22)28/h4-13,16-17,20,23H,14-15,18-19H2,1-3H3,(H,34,36)/t23-/m0/s1. The quantitative estimate of drug-likeness (QED) is 0.187. The van der Waals surface area contributed by atoms with Gasteiger partial charge in [-0.15, -0.1) is 11.3 Å². The van der Waals surface area contributed by atoms with E-state index in [4.69, 9.17) is 9.41 Å². The number of fused-ring (bicyclic) bond motifs is 3. The SMILES string of the molecule is CC(C)(C)[C@H]1CCc2c(sc(N=Cc3c4ccccc4cc4ccccc34)c2C(=O)NCc2ccco2)C1. The zero-order valence-corrected chi connectivity index (χ0v) is 22.9. The number of rotatable bonds is 5. The summed E-state index contributed by atoms with van der Waals surface area (Å²) in [6.45, 7) is 7.31. The third-order valence-electron chi connectivity index (χ3n) is 7.83. The summed E-state index contributed by atoms with van der Waals surface area (Å²) in [5.41, 5.74) is 3.21.